The second-order valence-corrected chi connectivity index (χ2v) is 10.5. The molecule has 0 spiro atoms. The summed E-state index contributed by atoms with van der Waals surface area (Å²) in [6.07, 6.45) is 0.700. The highest BCUT2D eigenvalue weighted by Gasteiger charge is 2.45. The molecule has 1 fully saturated rings. The lowest BCUT2D eigenvalue weighted by atomic mass is 9.85. The number of halogens is 1. The fraction of sp³-hybridized carbons (Fsp3) is 0.429. The first-order valence-electron chi connectivity index (χ1n) is 11.9. The van der Waals surface area contributed by atoms with E-state index in [2.05, 4.69) is 20.8 Å². The van der Waals surface area contributed by atoms with Crippen molar-refractivity contribution in [3.63, 3.8) is 0 Å². The number of Topliss-reactive ketones (excluding diaryl/α,β-unsaturated/α-hetero) is 1. The Morgan fingerprint density at radius 2 is 1.77 bits per heavy atom. The number of carbonyl (C=O) groups excluding carboxylic acids is 2. The van der Waals surface area contributed by atoms with Crippen molar-refractivity contribution in [2.24, 2.45) is 0 Å². The number of aliphatic hydroxyl groups is 1. The number of nitrogens with zero attached hydrogens (tertiary/aromatic N) is 2. The first-order valence-corrected chi connectivity index (χ1v) is 12.3. The van der Waals surface area contributed by atoms with E-state index < -0.39 is 17.7 Å². The van der Waals surface area contributed by atoms with Crippen LogP contribution in [-0.2, 0) is 15.0 Å². The molecule has 1 unspecified atom stereocenters. The maximum absolute atomic E-state index is 13.2. The van der Waals surface area contributed by atoms with Gasteiger partial charge in [-0.15, -0.1) is 0 Å². The Bertz CT molecular complexity index is 1120. The van der Waals surface area contributed by atoms with Gasteiger partial charge in [0.05, 0.1) is 23.2 Å². The monoisotopic (exact) mass is 498 g/mol. The van der Waals surface area contributed by atoms with Crippen molar-refractivity contribution < 1.29 is 19.4 Å². The minimum atomic E-state index is -0.692. The normalized spacial score (nSPS) is 17.9. The van der Waals surface area contributed by atoms with Gasteiger partial charge >= 0.3 is 0 Å². The quantitative estimate of drug-likeness (QED) is 0.299. The summed E-state index contributed by atoms with van der Waals surface area (Å²) in [6.45, 7) is 9.87. The van der Waals surface area contributed by atoms with Gasteiger partial charge in [-0.1, -0.05) is 56.6 Å². The molecule has 1 amide bonds. The average Bonchev–Trinajstić information content (AvgIpc) is 3.04. The molecule has 35 heavy (non-hydrogen) atoms. The van der Waals surface area contributed by atoms with Gasteiger partial charge in [-0.25, -0.2) is 0 Å². The second kappa shape index (κ2) is 10.8. The van der Waals surface area contributed by atoms with Crippen molar-refractivity contribution in [2.75, 3.05) is 33.8 Å². The van der Waals surface area contributed by atoms with Crippen molar-refractivity contribution in [1.29, 1.82) is 0 Å². The summed E-state index contributed by atoms with van der Waals surface area (Å²) in [6, 6.07) is 12.1. The van der Waals surface area contributed by atoms with E-state index in [1.807, 2.05) is 50.2 Å². The average molecular weight is 499 g/mol. The largest absolute Gasteiger partial charge is 0.507 e. The number of ether oxygens (including phenoxy) is 1. The maximum Gasteiger partial charge on any atom is 0.295 e. The molecule has 188 valence electrons. The highest BCUT2D eigenvalue weighted by atomic mass is 35.5. The summed E-state index contributed by atoms with van der Waals surface area (Å²) in [4.78, 5) is 29.9. The molecule has 0 aromatic heterocycles. The zero-order chi connectivity index (χ0) is 25.9. The van der Waals surface area contributed by atoms with Gasteiger partial charge in [0.15, 0.2) is 0 Å². The molecule has 7 heteroatoms. The molecule has 3 rings (SSSR count). The zero-order valence-electron chi connectivity index (χ0n) is 21.4. The van der Waals surface area contributed by atoms with E-state index in [9.17, 15) is 14.7 Å². The molecule has 1 heterocycles. The summed E-state index contributed by atoms with van der Waals surface area (Å²) in [5.41, 5.74) is 2.32. The Morgan fingerprint density at radius 3 is 2.31 bits per heavy atom. The molecule has 1 atom stereocenters. The topological polar surface area (TPSA) is 70.1 Å². The van der Waals surface area contributed by atoms with Crippen molar-refractivity contribution in [3.8, 4) is 5.75 Å². The van der Waals surface area contributed by atoms with E-state index in [1.54, 1.807) is 23.1 Å². The summed E-state index contributed by atoms with van der Waals surface area (Å²) >= 11 is 6.34. The van der Waals surface area contributed by atoms with Gasteiger partial charge in [0, 0.05) is 12.1 Å². The maximum atomic E-state index is 13.2. The molecule has 0 bridgehead atoms. The minimum Gasteiger partial charge on any atom is -0.507 e. The lowest BCUT2D eigenvalue weighted by Gasteiger charge is -2.27. The van der Waals surface area contributed by atoms with E-state index in [0.29, 0.717) is 35.9 Å². The molecule has 1 saturated heterocycles. The number of hydrogen-bond acceptors (Lipinski definition) is 5. The molecule has 6 nitrogen and oxygen atoms in total. The van der Waals surface area contributed by atoms with Crippen molar-refractivity contribution in [1.82, 2.24) is 9.80 Å². The van der Waals surface area contributed by atoms with E-state index in [0.717, 1.165) is 17.7 Å². The highest BCUT2D eigenvalue weighted by Crippen LogP contribution is 2.41. The van der Waals surface area contributed by atoms with Gasteiger partial charge < -0.3 is 19.6 Å². The van der Waals surface area contributed by atoms with Gasteiger partial charge in [0.1, 0.15) is 11.5 Å². The van der Waals surface area contributed by atoms with Crippen molar-refractivity contribution in [3.05, 3.63) is 69.8 Å². The molecule has 1 aliphatic heterocycles. The predicted molar refractivity (Wildman–Crippen MR) is 140 cm³/mol. The molecule has 2 aromatic rings. The molecule has 1 N–H and O–H groups in total. The van der Waals surface area contributed by atoms with Crippen LogP contribution >= 0.6 is 11.6 Å². The first-order chi connectivity index (χ1) is 16.5. The number of benzene rings is 2. The fourth-order valence-corrected chi connectivity index (χ4v) is 4.49. The molecule has 0 aliphatic carbocycles. The Hall–Kier alpha value is -2.83. The van der Waals surface area contributed by atoms with Crippen LogP contribution < -0.4 is 4.74 Å². The third-order valence-corrected chi connectivity index (χ3v) is 6.44. The molecule has 0 radical (unpaired) electrons. The van der Waals surface area contributed by atoms with Crippen LogP contribution in [0.4, 0.5) is 0 Å². The van der Waals surface area contributed by atoms with Crippen LogP contribution in [0.5, 0.6) is 5.75 Å². The van der Waals surface area contributed by atoms with E-state index >= 15 is 0 Å². The minimum absolute atomic E-state index is 0.0366. The number of hydrogen-bond donors (Lipinski definition) is 1. The number of amides is 1. The van der Waals surface area contributed by atoms with Crippen LogP contribution in [0.2, 0.25) is 5.02 Å². The van der Waals surface area contributed by atoms with Crippen LogP contribution in [0, 0.1) is 0 Å². The molecule has 1 aliphatic rings. The number of aliphatic hydroxyl groups excluding tert-OH is 1. The molecular weight excluding hydrogens is 464 g/mol. The first kappa shape index (κ1) is 26.8. The SMILES string of the molecule is CCOc1ccc(C(O)=C2C(=O)C(=O)N(CCCN(C)C)C2c2ccc(C(C)(C)C)cc2)cc1Cl. The number of carbonyl (C=O) groups is 2. The van der Waals surface area contributed by atoms with E-state index in [4.69, 9.17) is 16.3 Å². The summed E-state index contributed by atoms with van der Waals surface area (Å²) < 4.78 is 5.48. The van der Waals surface area contributed by atoms with Gasteiger partial charge in [-0.2, -0.15) is 0 Å². The van der Waals surface area contributed by atoms with Gasteiger partial charge in [0.2, 0.25) is 0 Å². The van der Waals surface area contributed by atoms with Gasteiger partial charge in [-0.05, 0) is 68.7 Å². The number of ketones is 1. The summed E-state index contributed by atoms with van der Waals surface area (Å²) in [5, 5.41) is 11.6. The smallest absolute Gasteiger partial charge is 0.295 e. The Balaban J connectivity index is 2.10. The Kier molecular flexibility index (Phi) is 8.29. The van der Waals surface area contributed by atoms with Gasteiger partial charge in [-0.3, -0.25) is 9.59 Å². The second-order valence-electron chi connectivity index (χ2n) is 10.1. The molecule has 2 aromatic carbocycles. The lowest BCUT2D eigenvalue weighted by molar-refractivity contribution is -0.139. The zero-order valence-corrected chi connectivity index (χ0v) is 22.1. The van der Waals surface area contributed by atoms with Crippen molar-refractivity contribution in [2.45, 2.75) is 45.6 Å². The van der Waals surface area contributed by atoms with Crippen molar-refractivity contribution >= 4 is 29.1 Å². The third kappa shape index (κ3) is 5.88. The summed E-state index contributed by atoms with van der Waals surface area (Å²) in [7, 11) is 3.93. The van der Waals surface area contributed by atoms with Gasteiger partial charge in [0.25, 0.3) is 11.7 Å². The van der Waals surface area contributed by atoms with Crippen LogP contribution in [0.3, 0.4) is 0 Å². The summed E-state index contributed by atoms with van der Waals surface area (Å²) in [5.74, 6) is -1.05. The van der Waals surface area contributed by atoms with Crippen LogP contribution in [0.15, 0.2) is 48.0 Å². The number of likely N-dealkylation sites (tertiary alicyclic amines) is 1. The lowest BCUT2D eigenvalue weighted by Crippen LogP contribution is -2.32. The number of rotatable bonds is 8. The molecule has 0 saturated carbocycles. The van der Waals surface area contributed by atoms with Crippen LogP contribution in [-0.4, -0.2) is 60.4 Å². The van der Waals surface area contributed by atoms with Crippen LogP contribution in [0.25, 0.3) is 5.76 Å². The highest BCUT2D eigenvalue weighted by molar-refractivity contribution is 6.46. The molecular formula is C28H35ClN2O4. The van der Waals surface area contributed by atoms with E-state index in [-0.39, 0.29) is 16.7 Å². The fourth-order valence-electron chi connectivity index (χ4n) is 4.26. The van der Waals surface area contributed by atoms with E-state index in [1.165, 1.54) is 0 Å². The predicted octanol–water partition coefficient (Wildman–Crippen LogP) is 5.41. The standard InChI is InChI=1S/C28H35ClN2O4/c1-7-35-22-14-11-19(17-21(22)29)25(32)23-24(18-9-12-20(13-10-18)28(2,3)4)31(27(34)26(23)33)16-8-15-30(5)6/h9-14,17,24,32H,7-8,15-16H2,1-6H3. The third-order valence-electron chi connectivity index (χ3n) is 6.14. The van der Waals surface area contributed by atoms with Crippen LogP contribution in [0.1, 0.15) is 56.8 Å². The Labute approximate surface area is 213 Å². The Morgan fingerprint density at radius 1 is 1.11 bits per heavy atom.